The highest BCUT2D eigenvalue weighted by molar-refractivity contribution is 4.96. The number of rotatable bonds is 4. The summed E-state index contributed by atoms with van der Waals surface area (Å²) in [6.45, 7) is 10.7. The Kier molecular flexibility index (Phi) is 5.42. The van der Waals surface area contributed by atoms with Gasteiger partial charge in [0.05, 0.1) is 6.61 Å². The summed E-state index contributed by atoms with van der Waals surface area (Å²) in [7, 11) is 0. The predicted octanol–water partition coefficient (Wildman–Crippen LogP) is 0.912. The van der Waals surface area contributed by atoms with Gasteiger partial charge in [0.15, 0.2) is 0 Å². The molecule has 2 saturated heterocycles. The molecule has 0 aromatic heterocycles. The van der Waals surface area contributed by atoms with E-state index in [0.29, 0.717) is 0 Å². The van der Waals surface area contributed by atoms with E-state index in [2.05, 4.69) is 16.7 Å². The van der Waals surface area contributed by atoms with E-state index in [1.54, 1.807) is 0 Å². The molecule has 0 spiro atoms. The van der Waals surface area contributed by atoms with E-state index in [9.17, 15) is 0 Å². The molecule has 2 aliphatic rings. The first-order valence-corrected chi connectivity index (χ1v) is 7.56. The standard InChI is InChI=1S/C14H29N3O/c1-2-6-16-8-4-14(13-15,5-9-16)17-7-3-11-18-12-10-17/h2-13,15H2,1H3. The zero-order chi connectivity index (χ0) is 12.8. The van der Waals surface area contributed by atoms with Crippen LogP contribution in [0.4, 0.5) is 0 Å². The van der Waals surface area contributed by atoms with Crippen molar-refractivity contribution in [2.45, 2.75) is 38.1 Å². The van der Waals surface area contributed by atoms with E-state index in [1.165, 1.54) is 38.9 Å². The zero-order valence-electron chi connectivity index (χ0n) is 11.9. The smallest absolute Gasteiger partial charge is 0.0593 e. The van der Waals surface area contributed by atoms with Crippen molar-refractivity contribution in [3.05, 3.63) is 0 Å². The third-order valence-corrected chi connectivity index (χ3v) is 4.60. The molecule has 0 radical (unpaired) electrons. The first-order chi connectivity index (χ1) is 8.80. The second-order valence-electron chi connectivity index (χ2n) is 5.72. The Bertz CT molecular complexity index is 231. The van der Waals surface area contributed by atoms with Crippen LogP contribution in [0.1, 0.15) is 32.6 Å². The molecule has 4 heteroatoms. The molecule has 106 valence electrons. The molecule has 4 nitrogen and oxygen atoms in total. The molecule has 2 aliphatic heterocycles. The van der Waals surface area contributed by atoms with Crippen LogP contribution in [0.5, 0.6) is 0 Å². The minimum atomic E-state index is 0.248. The van der Waals surface area contributed by atoms with Crippen LogP contribution in [0.15, 0.2) is 0 Å². The fraction of sp³-hybridized carbons (Fsp3) is 1.00. The molecule has 0 bridgehead atoms. The summed E-state index contributed by atoms with van der Waals surface area (Å²) in [6.07, 6.45) is 4.86. The number of hydrogen-bond acceptors (Lipinski definition) is 4. The van der Waals surface area contributed by atoms with Crippen molar-refractivity contribution in [3.63, 3.8) is 0 Å². The maximum atomic E-state index is 6.14. The van der Waals surface area contributed by atoms with Crippen molar-refractivity contribution in [2.24, 2.45) is 5.73 Å². The Morgan fingerprint density at radius 1 is 1.11 bits per heavy atom. The highest BCUT2D eigenvalue weighted by Crippen LogP contribution is 2.29. The van der Waals surface area contributed by atoms with Crippen molar-refractivity contribution in [1.29, 1.82) is 0 Å². The van der Waals surface area contributed by atoms with Gasteiger partial charge in [0.25, 0.3) is 0 Å². The van der Waals surface area contributed by atoms with Crippen molar-refractivity contribution >= 4 is 0 Å². The Hall–Kier alpha value is -0.160. The molecule has 0 aliphatic carbocycles. The van der Waals surface area contributed by atoms with Crippen LogP contribution < -0.4 is 5.73 Å². The van der Waals surface area contributed by atoms with E-state index in [1.807, 2.05) is 0 Å². The molecule has 0 amide bonds. The van der Waals surface area contributed by atoms with Crippen LogP contribution in [-0.4, -0.2) is 67.8 Å². The highest BCUT2D eigenvalue weighted by atomic mass is 16.5. The van der Waals surface area contributed by atoms with E-state index in [0.717, 1.165) is 39.3 Å². The van der Waals surface area contributed by atoms with Gasteiger partial charge in [0.1, 0.15) is 0 Å². The van der Waals surface area contributed by atoms with Gasteiger partial charge in [-0.3, -0.25) is 4.90 Å². The molecule has 0 unspecified atom stereocenters. The monoisotopic (exact) mass is 255 g/mol. The quantitative estimate of drug-likeness (QED) is 0.811. The lowest BCUT2D eigenvalue weighted by molar-refractivity contribution is 0.0244. The third kappa shape index (κ3) is 3.23. The maximum Gasteiger partial charge on any atom is 0.0593 e. The lowest BCUT2D eigenvalue weighted by Crippen LogP contribution is -2.60. The second kappa shape index (κ2) is 6.85. The molecule has 2 rings (SSSR count). The Morgan fingerprint density at radius 2 is 1.89 bits per heavy atom. The number of piperidine rings is 1. The van der Waals surface area contributed by atoms with Crippen LogP contribution in [0.25, 0.3) is 0 Å². The molecule has 0 atom stereocenters. The zero-order valence-corrected chi connectivity index (χ0v) is 11.9. The fourth-order valence-electron chi connectivity index (χ4n) is 3.38. The van der Waals surface area contributed by atoms with E-state index < -0.39 is 0 Å². The average Bonchev–Trinajstić information content (AvgIpc) is 2.70. The van der Waals surface area contributed by atoms with Gasteiger partial charge >= 0.3 is 0 Å². The number of ether oxygens (including phenoxy) is 1. The van der Waals surface area contributed by atoms with Crippen molar-refractivity contribution in [2.75, 3.05) is 52.5 Å². The van der Waals surface area contributed by atoms with Gasteiger partial charge < -0.3 is 15.4 Å². The fourth-order valence-corrected chi connectivity index (χ4v) is 3.38. The number of nitrogens with two attached hydrogens (primary N) is 1. The summed E-state index contributed by atoms with van der Waals surface area (Å²) in [5.74, 6) is 0. The Balaban J connectivity index is 1.94. The van der Waals surface area contributed by atoms with Crippen LogP contribution in [0, 0.1) is 0 Å². The molecule has 2 N–H and O–H groups in total. The minimum absolute atomic E-state index is 0.248. The van der Waals surface area contributed by atoms with E-state index in [4.69, 9.17) is 10.5 Å². The van der Waals surface area contributed by atoms with Crippen LogP contribution in [0.2, 0.25) is 0 Å². The van der Waals surface area contributed by atoms with Crippen LogP contribution >= 0.6 is 0 Å². The molecule has 0 aromatic carbocycles. The first kappa shape index (κ1) is 14.3. The van der Waals surface area contributed by atoms with E-state index >= 15 is 0 Å². The highest BCUT2D eigenvalue weighted by Gasteiger charge is 2.38. The number of likely N-dealkylation sites (tertiary alicyclic amines) is 1. The number of nitrogens with zero attached hydrogens (tertiary/aromatic N) is 2. The van der Waals surface area contributed by atoms with Gasteiger partial charge in [0.2, 0.25) is 0 Å². The van der Waals surface area contributed by atoms with Crippen molar-refractivity contribution < 1.29 is 4.74 Å². The normalized spacial score (nSPS) is 27.0. The Morgan fingerprint density at radius 3 is 2.56 bits per heavy atom. The lowest BCUT2D eigenvalue weighted by atomic mass is 9.85. The van der Waals surface area contributed by atoms with Gasteiger partial charge in [-0.05, 0) is 45.3 Å². The minimum Gasteiger partial charge on any atom is -0.380 e. The van der Waals surface area contributed by atoms with Crippen LogP contribution in [0.3, 0.4) is 0 Å². The molecule has 0 saturated carbocycles. The molecular weight excluding hydrogens is 226 g/mol. The van der Waals surface area contributed by atoms with Gasteiger partial charge in [-0.1, -0.05) is 6.92 Å². The van der Waals surface area contributed by atoms with Crippen molar-refractivity contribution in [3.8, 4) is 0 Å². The summed E-state index contributed by atoms with van der Waals surface area (Å²) in [5.41, 5.74) is 6.39. The predicted molar refractivity (Wildman–Crippen MR) is 74.8 cm³/mol. The summed E-state index contributed by atoms with van der Waals surface area (Å²) < 4.78 is 5.57. The maximum absolute atomic E-state index is 6.14. The van der Waals surface area contributed by atoms with E-state index in [-0.39, 0.29) is 5.54 Å². The summed E-state index contributed by atoms with van der Waals surface area (Å²) in [6, 6.07) is 0. The second-order valence-corrected chi connectivity index (χ2v) is 5.72. The molecule has 0 aromatic rings. The summed E-state index contributed by atoms with van der Waals surface area (Å²) >= 11 is 0. The summed E-state index contributed by atoms with van der Waals surface area (Å²) in [5, 5.41) is 0. The first-order valence-electron chi connectivity index (χ1n) is 7.56. The van der Waals surface area contributed by atoms with Gasteiger partial charge in [-0.2, -0.15) is 0 Å². The summed E-state index contributed by atoms with van der Waals surface area (Å²) in [4.78, 5) is 5.20. The van der Waals surface area contributed by atoms with Crippen LogP contribution in [-0.2, 0) is 4.74 Å². The third-order valence-electron chi connectivity index (χ3n) is 4.60. The molecule has 2 heterocycles. The molecule has 2 fully saturated rings. The molecular formula is C14H29N3O. The van der Waals surface area contributed by atoms with Crippen molar-refractivity contribution in [1.82, 2.24) is 9.80 Å². The number of hydrogen-bond donors (Lipinski definition) is 1. The largest absolute Gasteiger partial charge is 0.380 e. The van der Waals surface area contributed by atoms with Gasteiger partial charge in [-0.25, -0.2) is 0 Å². The Labute approximate surface area is 111 Å². The topological polar surface area (TPSA) is 41.7 Å². The SMILES string of the molecule is CCCN1CCC(CN)(N2CCCOCC2)CC1. The lowest BCUT2D eigenvalue weighted by Gasteiger charge is -2.48. The average molecular weight is 255 g/mol. The van der Waals surface area contributed by atoms with Gasteiger partial charge in [0, 0.05) is 31.8 Å². The van der Waals surface area contributed by atoms with Gasteiger partial charge in [-0.15, -0.1) is 0 Å². The molecule has 18 heavy (non-hydrogen) atoms.